The first-order chi connectivity index (χ1) is 14.8. The Bertz CT molecular complexity index is 1240. The van der Waals surface area contributed by atoms with Crippen LogP contribution in [-0.2, 0) is 14.8 Å². The smallest absolute Gasteiger partial charge is 0.270 e. The molecule has 158 valence electrons. The van der Waals surface area contributed by atoms with Crippen LogP contribution < -0.4 is 4.31 Å². The molecule has 3 aromatic carbocycles. The minimum Gasteiger partial charge on any atom is -0.273 e. The van der Waals surface area contributed by atoms with Gasteiger partial charge in [-0.3, -0.25) is 4.79 Å². The molecule has 1 aliphatic rings. The molecule has 3 aromatic rings. The first kappa shape index (κ1) is 21.5. The minimum absolute atomic E-state index is 0.0537. The van der Waals surface area contributed by atoms with Gasteiger partial charge in [-0.2, -0.15) is 0 Å². The number of rotatable bonds is 4. The molecule has 0 aliphatic carbocycles. The topological polar surface area (TPSA) is 54.5 Å². The summed E-state index contributed by atoms with van der Waals surface area (Å²) in [5.41, 5.74) is 3.04. The molecule has 1 aliphatic heterocycles. The van der Waals surface area contributed by atoms with Crippen molar-refractivity contribution in [2.45, 2.75) is 30.1 Å². The number of carbonyl (C=O) groups excluding carboxylic acids is 1. The molecule has 31 heavy (non-hydrogen) atoms. The van der Waals surface area contributed by atoms with Crippen LogP contribution in [-0.4, -0.2) is 14.3 Å². The van der Waals surface area contributed by atoms with Gasteiger partial charge < -0.3 is 0 Å². The van der Waals surface area contributed by atoms with Crippen LogP contribution in [0.5, 0.6) is 0 Å². The molecule has 0 saturated carbocycles. The van der Waals surface area contributed by atoms with Crippen LogP contribution in [0.1, 0.15) is 34.9 Å². The molecule has 0 saturated heterocycles. The number of fused-ring (bicyclic) bond motifs is 1. The van der Waals surface area contributed by atoms with Gasteiger partial charge in [-0.05, 0) is 48.4 Å². The Morgan fingerprint density at radius 3 is 2.35 bits per heavy atom. The Morgan fingerprint density at radius 1 is 1.03 bits per heavy atom. The maximum Gasteiger partial charge on any atom is 0.270 e. The molecule has 0 aromatic heterocycles. The second-order valence-corrected chi connectivity index (χ2v) is 10.4. The zero-order valence-corrected chi connectivity index (χ0v) is 19.4. The Balaban J connectivity index is 1.93. The van der Waals surface area contributed by atoms with E-state index < -0.39 is 15.9 Å². The molecule has 0 fully saturated rings. The Kier molecular flexibility index (Phi) is 5.86. The number of anilines is 1. The number of halogens is 1. The summed E-state index contributed by atoms with van der Waals surface area (Å²) in [7, 11) is -4.08. The van der Waals surface area contributed by atoms with E-state index in [4.69, 9.17) is 0 Å². The number of amides is 1. The van der Waals surface area contributed by atoms with E-state index in [-0.39, 0.29) is 23.2 Å². The van der Waals surface area contributed by atoms with E-state index in [1.165, 1.54) is 0 Å². The zero-order valence-electron chi connectivity index (χ0n) is 17.0. The third-order valence-corrected chi connectivity index (χ3v) is 7.91. The second kappa shape index (κ2) is 8.44. The molecule has 4 nitrogen and oxygen atoms in total. The number of nitrogens with zero attached hydrogens (tertiary/aromatic N) is 1. The molecule has 0 radical (unpaired) electrons. The van der Waals surface area contributed by atoms with Gasteiger partial charge in [-0.15, -0.1) is 6.58 Å². The van der Waals surface area contributed by atoms with Gasteiger partial charge in [0.2, 0.25) is 5.91 Å². The summed E-state index contributed by atoms with van der Waals surface area (Å²) in [6.07, 6.45) is 1.86. The van der Waals surface area contributed by atoms with E-state index in [0.29, 0.717) is 5.69 Å². The molecule has 4 rings (SSSR count). The minimum atomic E-state index is -4.08. The number of aryl methyl sites for hydroxylation is 1. The van der Waals surface area contributed by atoms with E-state index in [9.17, 15) is 13.2 Å². The van der Waals surface area contributed by atoms with Gasteiger partial charge >= 0.3 is 0 Å². The van der Waals surface area contributed by atoms with Crippen molar-refractivity contribution in [3.63, 3.8) is 0 Å². The zero-order chi connectivity index (χ0) is 22.2. The maximum absolute atomic E-state index is 13.6. The molecule has 0 unspecified atom stereocenters. The lowest BCUT2D eigenvalue weighted by Crippen LogP contribution is -2.37. The van der Waals surface area contributed by atoms with Crippen molar-refractivity contribution in [1.82, 2.24) is 0 Å². The van der Waals surface area contributed by atoms with Crippen LogP contribution in [0.25, 0.3) is 0 Å². The second-order valence-electron chi connectivity index (χ2n) is 7.66. The SMILES string of the molecule is C=C[C@H]1c2cc(Br)ccc2N(S(=O)(=O)c2ccc(C)cc2)C(=O)C[C@@H]1c1ccccc1. The van der Waals surface area contributed by atoms with Crippen molar-refractivity contribution < 1.29 is 13.2 Å². The fraction of sp³-hybridized carbons (Fsp3) is 0.160. The van der Waals surface area contributed by atoms with Crippen LogP contribution in [0.3, 0.4) is 0 Å². The average Bonchev–Trinajstić information content (AvgIpc) is 2.88. The summed E-state index contributed by atoms with van der Waals surface area (Å²) in [6.45, 7) is 5.90. The third kappa shape index (κ3) is 3.98. The fourth-order valence-corrected chi connectivity index (χ4v) is 5.96. The molecular weight excluding hydrogens is 474 g/mol. The van der Waals surface area contributed by atoms with Gasteiger partial charge in [0.25, 0.3) is 10.0 Å². The van der Waals surface area contributed by atoms with Crippen molar-refractivity contribution in [2.24, 2.45) is 0 Å². The first-order valence-corrected chi connectivity index (χ1v) is 12.2. The van der Waals surface area contributed by atoms with E-state index in [2.05, 4.69) is 22.5 Å². The van der Waals surface area contributed by atoms with Gasteiger partial charge in [0.15, 0.2) is 0 Å². The van der Waals surface area contributed by atoms with Crippen LogP contribution >= 0.6 is 15.9 Å². The first-order valence-electron chi connectivity index (χ1n) is 9.94. The third-order valence-electron chi connectivity index (χ3n) is 5.66. The molecule has 2 atom stereocenters. The predicted octanol–water partition coefficient (Wildman–Crippen LogP) is 5.94. The van der Waals surface area contributed by atoms with Crippen molar-refractivity contribution in [2.75, 3.05) is 4.31 Å². The molecule has 6 heteroatoms. The molecule has 1 amide bonds. The molecule has 0 N–H and O–H groups in total. The van der Waals surface area contributed by atoms with Gasteiger partial charge in [0, 0.05) is 22.7 Å². The highest BCUT2D eigenvalue weighted by Gasteiger charge is 2.40. The van der Waals surface area contributed by atoms with Crippen LogP contribution in [0.2, 0.25) is 0 Å². The van der Waals surface area contributed by atoms with E-state index in [1.807, 2.05) is 43.3 Å². The van der Waals surface area contributed by atoms with Gasteiger partial charge in [0.05, 0.1) is 10.6 Å². The van der Waals surface area contributed by atoms with E-state index >= 15 is 0 Å². The van der Waals surface area contributed by atoms with E-state index in [0.717, 1.165) is 25.5 Å². The number of carbonyl (C=O) groups is 1. The Morgan fingerprint density at radius 2 is 1.71 bits per heavy atom. The lowest BCUT2D eigenvalue weighted by atomic mass is 9.80. The lowest BCUT2D eigenvalue weighted by Gasteiger charge is -2.24. The van der Waals surface area contributed by atoms with Gasteiger partial charge in [-0.25, -0.2) is 12.7 Å². The van der Waals surface area contributed by atoms with Crippen LogP contribution in [0.15, 0.2) is 94.8 Å². The van der Waals surface area contributed by atoms with E-state index in [1.54, 1.807) is 42.5 Å². The number of hydrogen-bond acceptors (Lipinski definition) is 3. The number of benzene rings is 3. The summed E-state index contributed by atoms with van der Waals surface area (Å²) < 4.78 is 29.0. The summed E-state index contributed by atoms with van der Waals surface area (Å²) in [4.78, 5) is 13.6. The average molecular weight is 496 g/mol. The van der Waals surface area contributed by atoms with Crippen LogP contribution in [0, 0.1) is 6.92 Å². The Labute approximate surface area is 191 Å². The summed E-state index contributed by atoms with van der Waals surface area (Å²) >= 11 is 3.50. The van der Waals surface area contributed by atoms with Crippen molar-refractivity contribution in [3.8, 4) is 0 Å². The van der Waals surface area contributed by atoms with Crippen molar-refractivity contribution in [1.29, 1.82) is 0 Å². The number of allylic oxidation sites excluding steroid dienone is 1. The highest BCUT2D eigenvalue weighted by molar-refractivity contribution is 9.10. The monoisotopic (exact) mass is 495 g/mol. The largest absolute Gasteiger partial charge is 0.273 e. The maximum atomic E-state index is 13.6. The number of hydrogen-bond donors (Lipinski definition) is 0. The van der Waals surface area contributed by atoms with Crippen molar-refractivity contribution in [3.05, 3.63) is 107 Å². The summed E-state index contributed by atoms with van der Waals surface area (Å²) in [6, 6.07) is 21.6. The lowest BCUT2D eigenvalue weighted by molar-refractivity contribution is -0.117. The highest BCUT2D eigenvalue weighted by Crippen LogP contribution is 2.46. The summed E-state index contributed by atoms with van der Waals surface area (Å²) in [5.74, 6) is -0.906. The Hall–Kier alpha value is -2.70. The number of sulfonamides is 1. The highest BCUT2D eigenvalue weighted by atomic mass is 79.9. The van der Waals surface area contributed by atoms with Crippen molar-refractivity contribution >= 4 is 37.5 Å². The van der Waals surface area contributed by atoms with Gasteiger partial charge in [0.1, 0.15) is 0 Å². The quantitative estimate of drug-likeness (QED) is 0.421. The predicted molar refractivity (Wildman–Crippen MR) is 127 cm³/mol. The molecule has 0 spiro atoms. The molecular formula is C25H22BrNO3S. The normalized spacial score (nSPS) is 18.9. The molecule has 0 bridgehead atoms. The summed E-state index contributed by atoms with van der Waals surface area (Å²) in [5, 5.41) is 0. The van der Waals surface area contributed by atoms with Crippen LogP contribution in [0.4, 0.5) is 5.69 Å². The fourth-order valence-electron chi connectivity index (χ4n) is 4.12. The van der Waals surface area contributed by atoms with Gasteiger partial charge in [-0.1, -0.05) is 70.0 Å². The molecule has 1 heterocycles. The standard InChI is InChI=1S/C25H22BrNO3S/c1-3-21-22(18-7-5-4-6-8-18)16-25(28)27(24-14-11-19(26)15-23(21)24)31(29,30)20-12-9-17(2)10-13-20/h3-15,21-22H,1,16H2,2H3/t21-,22-/m1/s1.